The fraction of sp³-hybridized carbons (Fsp3) is 0.167. The van der Waals surface area contributed by atoms with E-state index in [2.05, 4.69) is 5.32 Å². The van der Waals surface area contributed by atoms with E-state index in [1.807, 2.05) is 25.1 Å². The van der Waals surface area contributed by atoms with Crippen molar-refractivity contribution in [1.82, 2.24) is 0 Å². The van der Waals surface area contributed by atoms with Gasteiger partial charge in [-0.1, -0.05) is 30.3 Å². The zero-order valence-electron chi connectivity index (χ0n) is 16.4. The third-order valence-electron chi connectivity index (χ3n) is 4.27. The van der Waals surface area contributed by atoms with E-state index in [4.69, 9.17) is 9.47 Å². The maximum absolute atomic E-state index is 12.4. The Bertz CT molecular complexity index is 950. The number of ketones is 1. The van der Waals surface area contributed by atoms with Crippen LogP contribution in [0.2, 0.25) is 0 Å². The van der Waals surface area contributed by atoms with Crippen molar-refractivity contribution in [3.8, 4) is 11.5 Å². The predicted octanol–water partition coefficient (Wildman–Crippen LogP) is 4.72. The van der Waals surface area contributed by atoms with Gasteiger partial charge in [0.15, 0.2) is 11.9 Å². The second kappa shape index (κ2) is 9.55. The van der Waals surface area contributed by atoms with Crippen LogP contribution in [-0.4, -0.2) is 24.4 Å². The van der Waals surface area contributed by atoms with E-state index in [-0.39, 0.29) is 11.7 Å². The molecule has 0 saturated carbocycles. The molecule has 0 heterocycles. The van der Waals surface area contributed by atoms with Gasteiger partial charge < -0.3 is 14.8 Å². The summed E-state index contributed by atoms with van der Waals surface area (Å²) in [4.78, 5) is 24.8. The summed E-state index contributed by atoms with van der Waals surface area (Å²) in [6, 6.07) is 23.0. The van der Waals surface area contributed by atoms with Crippen molar-refractivity contribution >= 4 is 17.4 Å². The second-order valence-electron chi connectivity index (χ2n) is 6.43. The largest absolute Gasteiger partial charge is 0.494 e. The van der Waals surface area contributed by atoms with Crippen LogP contribution < -0.4 is 14.8 Å². The van der Waals surface area contributed by atoms with Crippen LogP contribution in [0.25, 0.3) is 0 Å². The summed E-state index contributed by atoms with van der Waals surface area (Å²) >= 11 is 0. The van der Waals surface area contributed by atoms with Gasteiger partial charge in [-0.25, -0.2) is 0 Å². The molecule has 3 rings (SSSR count). The molecule has 0 spiro atoms. The van der Waals surface area contributed by atoms with E-state index < -0.39 is 6.10 Å². The quantitative estimate of drug-likeness (QED) is 0.566. The number of hydrogen-bond donors (Lipinski definition) is 1. The lowest BCUT2D eigenvalue weighted by atomic mass is 10.0. The molecule has 1 atom stereocenters. The molecule has 3 aromatic rings. The normalized spacial score (nSPS) is 11.4. The number of amides is 1. The average Bonchev–Trinajstić information content (AvgIpc) is 2.76. The van der Waals surface area contributed by atoms with Crippen molar-refractivity contribution in [2.24, 2.45) is 0 Å². The van der Waals surface area contributed by atoms with E-state index in [1.54, 1.807) is 67.6 Å². The van der Waals surface area contributed by atoms with Crippen LogP contribution >= 0.6 is 0 Å². The van der Waals surface area contributed by atoms with Crippen LogP contribution in [0.4, 0.5) is 5.69 Å². The van der Waals surface area contributed by atoms with E-state index in [9.17, 15) is 9.59 Å². The molecule has 0 fully saturated rings. The highest BCUT2D eigenvalue weighted by molar-refractivity contribution is 6.09. The van der Waals surface area contributed by atoms with Gasteiger partial charge in [0.25, 0.3) is 5.91 Å². The minimum Gasteiger partial charge on any atom is -0.494 e. The van der Waals surface area contributed by atoms with Gasteiger partial charge in [0, 0.05) is 16.8 Å². The highest BCUT2D eigenvalue weighted by Gasteiger charge is 2.15. The SMILES string of the molecule is CCOc1ccc(NC(=O)C(C)Oc2ccc(C(=O)c3ccccc3)cc2)cc1. The number of benzene rings is 3. The summed E-state index contributed by atoms with van der Waals surface area (Å²) < 4.78 is 11.1. The second-order valence-corrected chi connectivity index (χ2v) is 6.43. The van der Waals surface area contributed by atoms with Crippen LogP contribution in [0.3, 0.4) is 0 Å². The molecule has 0 aromatic heterocycles. The van der Waals surface area contributed by atoms with Crippen LogP contribution in [0.15, 0.2) is 78.9 Å². The molecule has 0 saturated heterocycles. The van der Waals surface area contributed by atoms with Gasteiger partial charge in [0.2, 0.25) is 0 Å². The Morgan fingerprint density at radius 2 is 1.41 bits per heavy atom. The fourth-order valence-corrected chi connectivity index (χ4v) is 2.74. The summed E-state index contributed by atoms with van der Waals surface area (Å²) in [5, 5.41) is 2.81. The lowest BCUT2D eigenvalue weighted by Gasteiger charge is -2.15. The smallest absolute Gasteiger partial charge is 0.265 e. The number of carbonyl (C=O) groups excluding carboxylic acids is 2. The van der Waals surface area contributed by atoms with E-state index >= 15 is 0 Å². The van der Waals surface area contributed by atoms with Gasteiger partial charge >= 0.3 is 0 Å². The van der Waals surface area contributed by atoms with Crippen molar-refractivity contribution < 1.29 is 19.1 Å². The summed E-state index contributed by atoms with van der Waals surface area (Å²) in [6.07, 6.45) is -0.697. The van der Waals surface area contributed by atoms with Crippen molar-refractivity contribution in [1.29, 1.82) is 0 Å². The number of hydrogen-bond acceptors (Lipinski definition) is 4. The van der Waals surface area contributed by atoms with Crippen molar-refractivity contribution in [2.45, 2.75) is 20.0 Å². The first kappa shape index (κ1) is 20.1. The third kappa shape index (κ3) is 5.45. The number of carbonyl (C=O) groups is 2. The Kier molecular flexibility index (Phi) is 6.63. The minimum atomic E-state index is -0.697. The Balaban J connectivity index is 1.57. The minimum absolute atomic E-state index is 0.0570. The van der Waals surface area contributed by atoms with Crippen LogP contribution in [0, 0.1) is 0 Å². The van der Waals surface area contributed by atoms with Gasteiger partial charge in [-0.05, 0) is 62.4 Å². The zero-order valence-corrected chi connectivity index (χ0v) is 16.4. The van der Waals surface area contributed by atoms with E-state index in [0.29, 0.717) is 29.2 Å². The van der Waals surface area contributed by atoms with Gasteiger partial charge in [0.1, 0.15) is 11.5 Å². The number of ether oxygens (including phenoxy) is 2. The monoisotopic (exact) mass is 389 g/mol. The van der Waals surface area contributed by atoms with Crippen molar-refractivity contribution in [3.05, 3.63) is 90.0 Å². The number of rotatable bonds is 8. The topological polar surface area (TPSA) is 64.6 Å². The lowest BCUT2D eigenvalue weighted by molar-refractivity contribution is -0.122. The zero-order chi connectivity index (χ0) is 20.6. The Morgan fingerprint density at radius 1 is 0.828 bits per heavy atom. The highest BCUT2D eigenvalue weighted by atomic mass is 16.5. The van der Waals surface area contributed by atoms with E-state index in [1.165, 1.54) is 0 Å². The van der Waals surface area contributed by atoms with Crippen molar-refractivity contribution in [2.75, 3.05) is 11.9 Å². The van der Waals surface area contributed by atoms with Gasteiger partial charge in [-0.3, -0.25) is 9.59 Å². The predicted molar refractivity (Wildman–Crippen MR) is 113 cm³/mol. The molecular weight excluding hydrogens is 366 g/mol. The maximum atomic E-state index is 12.4. The third-order valence-corrected chi connectivity index (χ3v) is 4.27. The molecule has 0 aliphatic carbocycles. The molecule has 1 amide bonds. The van der Waals surface area contributed by atoms with E-state index in [0.717, 1.165) is 5.75 Å². The molecule has 148 valence electrons. The Labute approximate surface area is 170 Å². The molecular formula is C24H23NO4. The van der Waals surface area contributed by atoms with Gasteiger partial charge in [-0.2, -0.15) is 0 Å². The van der Waals surface area contributed by atoms with Crippen LogP contribution in [0.5, 0.6) is 11.5 Å². The lowest BCUT2D eigenvalue weighted by Crippen LogP contribution is -2.30. The van der Waals surface area contributed by atoms with Gasteiger partial charge in [-0.15, -0.1) is 0 Å². The average molecular weight is 389 g/mol. The Hall–Kier alpha value is -3.60. The first-order chi connectivity index (χ1) is 14.1. The molecule has 5 nitrogen and oxygen atoms in total. The summed E-state index contributed by atoms with van der Waals surface area (Å²) in [5.74, 6) is 0.945. The standard InChI is InChI=1S/C24H23NO4/c1-3-28-21-15-11-20(12-16-21)25-24(27)17(2)29-22-13-9-19(10-14-22)23(26)18-7-5-4-6-8-18/h4-17H,3H2,1-2H3,(H,25,27). The highest BCUT2D eigenvalue weighted by Crippen LogP contribution is 2.19. The Morgan fingerprint density at radius 3 is 2.03 bits per heavy atom. The molecule has 0 aliphatic rings. The number of anilines is 1. The maximum Gasteiger partial charge on any atom is 0.265 e. The summed E-state index contributed by atoms with van der Waals surface area (Å²) in [7, 11) is 0. The molecule has 5 heteroatoms. The van der Waals surface area contributed by atoms with Crippen LogP contribution in [0.1, 0.15) is 29.8 Å². The first-order valence-corrected chi connectivity index (χ1v) is 9.47. The number of nitrogens with one attached hydrogen (secondary N) is 1. The molecule has 3 aromatic carbocycles. The van der Waals surface area contributed by atoms with Gasteiger partial charge in [0.05, 0.1) is 6.61 Å². The van der Waals surface area contributed by atoms with Crippen molar-refractivity contribution in [3.63, 3.8) is 0 Å². The molecule has 1 unspecified atom stereocenters. The molecule has 0 aliphatic heterocycles. The fourth-order valence-electron chi connectivity index (χ4n) is 2.74. The summed E-state index contributed by atoms with van der Waals surface area (Å²) in [6.45, 7) is 4.18. The molecule has 29 heavy (non-hydrogen) atoms. The molecule has 0 bridgehead atoms. The summed E-state index contributed by atoms with van der Waals surface area (Å²) in [5.41, 5.74) is 1.86. The molecule has 1 N–H and O–H groups in total. The molecule has 0 radical (unpaired) electrons. The first-order valence-electron chi connectivity index (χ1n) is 9.47. The van der Waals surface area contributed by atoms with Crippen LogP contribution in [-0.2, 0) is 4.79 Å².